The molecule has 0 aliphatic rings. The zero-order valence-electron chi connectivity index (χ0n) is 12.7. The van der Waals surface area contributed by atoms with Gasteiger partial charge in [0.2, 0.25) is 0 Å². The van der Waals surface area contributed by atoms with Crippen LogP contribution >= 0.6 is 0 Å². The minimum absolute atomic E-state index is 0.296. The highest BCUT2D eigenvalue weighted by atomic mass is 16.5. The largest absolute Gasteiger partial charge is 0.489 e. The van der Waals surface area contributed by atoms with Gasteiger partial charge >= 0.3 is 6.03 Å². The van der Waals surface area contributed by atoms with E-state index in [1.54, 1.807) is 12.1 Å². The third-order valence-electron chi connectivity index (χ3n) is 2.81. The van der Waals surface area contributed by atoms with E-state index in [4.69, 9.17) is 4.74 Å². The van der Waals surface area contributed by atoms with Gasteiger partial charge in [0.15, 0.2) is 0 Å². The lowest BCUT2D eigenvalue weighted by Gasteiger charge is -2.11. The average molecular weight is 292 g/mol. The molecule has 1 aromatic carbocycles. The normalized spacial score (nSPS) is 11.6. The van der Waals surface area contributed by atoms with Gasteiger partial charge in [0.05, 0.1) is 6.10 Å². The van der Waals surface area contributed by atoms with Crippen molar-refractivity contribution in [3.05, 3.63) is 36.4 Å². The van der Waals surface area contributed by atoms with Gasteiger partial charge in [-0.1, -0.05) is 19.6 Å². The Kier molecular flexibility index (Phi) is 7.32. The average Bonchev–Trinajstić information content (AvgIpc) is 2.45. The second kappa shape index (κ2) is 9.02. The number of benzene rings is 1. The number of carbonyl (C=O) groups is 1. The number of aliphatic hydroxyl groups is 1. The number of urea groups is 1. The van der Waals surface area contributed by atoms with Crippen molar-refractivity contribution in [1.82, 2.24) is 5.32 Å². The van der Waals surface area contributed by atoms with E-state index in [1.165, 1.54) is 0 Å². The van der Waals surface area contributed by atoms with Gasteiger partial charge in [-0.25, -0.2) is 4.79 Å². The molecular weight excluding hydrogens is 268 g/mol. The molecule has 5 heteroatoms. The molecule has 116 valence electrons. The summed E-state index contributed by atoms with van der Waals surface area (Å²) < 4.78 is 5.51. The van der Waals surface area contributed by atoms with Gasteiger partial charge in [-0.2, -0.15) is 0 Å². The van der Waals surface area contributed by atoms with E-state index in [0.717, 1.165) is 5.57 Å². The third-order valence-corrected chi connectivity index (χ3v) is 2.81. The van der Waals surface area contributed by atoms with Gasteiger partial charge in [-0.05, 0) is 37.5 Å². The smallest absolute Gasteiger partial charge is 0.319 e. The maximum Gasteiger partial charge on any atom is 0.319 e. The van der Waals surface area contributed by atoms with Crippen LogP contribution in [0.5, 0.6) is 5.75 Å². The molecule has 0 aliphatic carbocycles. The topological polar surface area (TPSA) is 70.6 Å². The molecule has 0 saturated heterocycles. The number of anilines is 1. The molecule has 0 heterocycles. The van der Waals surface area contributed by atoms with E-state index in [1.807, 2.05) is 26.0 Å². The number of carbonyl (C=O) groups excluding carboxylic acids is 1. The molecule has 5 nitrogen and oxygen atoms in total. The summed E-state index contributed by atoms with van der Waals surface area (Å²) in [6.45, 7) is 8.45. The Bertz CT molecular complexity index is 474. The van der Waals surface area contributed by atoms with Gasteiger partial charge < -0.3 is 20.5 Å². The van der Waals surface area contributed by atoms with Crippen LogP contribution in [0.1, 0.15) is 26.7 Å². The summed E-state index contributed by atoms with van der Waals surface area (Å²) in [6.07, 6.45) is 0.862. The minimum atomic E-state index is -0.371. The number of rotatable bonds is 8. The molecule has 0 radical (unpaired) electrons. The Balaban J connectivity index is 2.41. The molecule has 21 heavy (non-hydrogen) atoms. The zero-order valence-corrected chi connectivity index (χ0v) is 12.7. The van der Waals surface area contributed by atoms with Crippen molar-refractivity contribution < 1.29 is 14.6 Å². The predicted octanol–water partition coefficient (Wildman–Crippen LogP) is 2.92. The molecule has 1 aromatic rings. The Morgan fingerprint density at radius 1 is 1.48 bits per heavy atom. The molecule has 1 unspecified atom stereocenters. The van der Waals surface area contributed by atoms with Crippen LogP contribution in [-0.4, -0.2) is 30.4 Å². The van der Waals surface area contributed by atoms with Crippen molar-refractivity contribution in [2.45, 2.75) is 32.8 Å². The fourth-order valence-electron chi connectivity index (χ4n) is 1.60. The summed E-state index contributed by atoms with van der Waals surface area (Å²) in [5.41, 5.74) is 1.59. The minimum Gasteiger partial charge on any atom is -0.489 e. The van der Waals surface area contributed by atoms with Crippen LogP contribution in [0.25, 0.3) is 0 Å². The fourth-order valence-corrected chi connectivity index (χ4v) is 1.60. The molecule has 2 amide bonds. The Labute approximate surface area is 126 Å². The number of nitrogens with one attached hydrogen (secondary N) is 2. The predicted molar refractivity (Wildman–Crippen MR) is 84.7 cm³/mol. The van der Waals surface area contributed by atoms with Crippen molar-refractivity contribution >= 4 is 11.7 Å². The molecule has 0 aromatic heterocycles. The van der Waals surface area contributed by atoms with E-state index in [2.05, 4.69) is 17.2 Å². The van der Waals surface area contributed by atoms with Crippen LogP contribution in [0.15, 0.2) is 36.4 Å². The van der Waals surface area contributed by atoms with E-state index in [9.17, 15) is 9.90 Å². The highest BCUT2D eigenvalue weighted by molar-refractivity contribution is 5.89. The summed E-state index contributed by atoms with van der Waals surface area (Å²) in [5.74, 6) is 0.678. The van der Waals surface area contributed by atoms with Crippen LogP contribution < -0.4 is 15.4 Å². The SMILES string of the molecule is C=C(C)COc1cccc(NC(=O)NCCC(O)CC)c1. The number of hydrogen-bond acceptors (Lipinski definition) is 3. The monoisotopic (exact) mass is 292 g/mol. The summed E-state index contributed by atoms with van der Waals surface area (Å²) in [7, 11) is 0. The fraction of sp³-hybridized carbons (Fsp3) is 0.438. The van der Waals surface area contributed by atoms with Crippen LogP contribution in [0.2, 0.25) is 0 Å². The van der Waals surface area contributed by atoms with Crippen LogP contribution in [0, 0.1) is 0 Å². The molecule has 0 fully saturated rings. The van der Waals surface area contributed by atoms with Gasteiger partial charge in [0, 0.05) is 18.3 Å². The molecular formula is C16H24N2O3. The van der Waals surface area contributed by atoms with E-state index in [0.29, 0.717) is 37.4 Å². The second-order valence-electron chi connectivity index (χ2n) is 5.01. The number of aliphatic hydroxyl groups excluding tert-OH is 1. The van der Waals surface area contributed by atoms with Crippen LogP contribution in [-0.2, 0) is 0 Å². The lowest BCUT2D eigenvalue weighted by Crippen LogP contribution is -2.31. The van der Waals surface area contributed by atoms with Crippen molar-refractivity contribution in [3.63, 3.8) is 0 Å². The van der Waals surface area contributed by atoms with Crippen LogP contribution in [0.3, 0.4) is 0 Å². The molecule has 0 saturated carbocycles. The Morgan fingerprint density at radius 2 is 2.24 bits per heavy atom. The summed E-state index contributed by atoms with van der Waals surface area (Å²) in [4.78, 5) is 11.7. The standard InChI is InChI=1S/C16H24N2O3/c1-4-14(19)8-9-17-16(20)18-13-6-5-7-15(10-13)21-11-12(2)3/h5-7,10,14,19H,2,4,8-9,11H2,1,3H3,(H2,17,18,20). The van der Waals surface area contributed by atoms with E-state index in [-0.39, 0.29) is 12.1 Å². The first kappa shape index (κ1) is 17.0. The first-order chi connectivity index (χ1) is 10.0. The van der Waals surface area contributed by atoms with Crippen LogP contribution in [0.4, 0.5) is 10.5 Å². The van der Waals surface area contributed by atoms with Gasteiger partial charge in [-0.3, -0.25) is 0 Å². The molecule has 0 spiro atoms. The van der Waals surface area contributed by atoms with Gasteiger partial charge in [-0.15, -0.1) is 0 Å². The van der Waals surface area contributed by atoms with Gasteiger partial charge in [0.25, 0.3) is 0 Å². The van der Waals surface area contributed by atoms with Crippen molar-refractivity contribution in [3.8, 4) is 5.75 Å². The van der Waals surface area contributed by atoms with E-state index < -0.39 is 0 Å². The Morgan fingerprint density at radius 3 is 2.90 bits per heavy atom. The van der Waals surface area contributed by atoms with E-state index >= 15 is 0 Å². The number of ether oxygens (including phenoxy) is 1. The zero-order chi connectivity index (χ0) is 15.7. The molecule has 3 N–H and O–H groups in total. The lowest BCUT2D eigenvalue weighted by atomic mass is 10.2. The molecule has 0 aliphatic heterocycles. The van der Waals surface area contributed by atoms with Crippen molar-refractivity contribution in [1.29, 1.82) is 0 Å². The summed E-state index contributed by atoms with van der Waals surface area (Å²) in [5, 5.41) is 14.8. The third kappa shape index (κ3) is 7.37. The van der Waals surface area contributed by atoms with Crippen molar-refractivity contribution in [2.24, 2.45) is 0 Å². The first-order valence-electron chi connectivity index (χ1n) is 7.11. The number of amides is 2. The molecule has 1 atom stereocenters. The lowest BCUT2D eigenvalue weighted by molar-refractivity contribution is 0.160. The molecule has 0 bridgehead atoms. The Hall–Kier alpha value is -2.01. The summed E-state index contributed by atoms with van der Waals surface area (Å²) >= 11 is 0. The maximum atomic E-state index is 11.7. The van der Waals surface area contributed by atoms with Crippen molar-refractivity contribution in [2.75, 3.05) is 18.5 Å². The number of hydrogen-bond donors (Lipinski definition) is 3. The first-order valence-corrected chi connectivity index (χ1v) is 7.11. The second-order valence-corrected chi connectivity index (χ2v) is 5.01. The highest BCUT2D eigenvalue weighted by Gasteiger charge is 2.05. The summed E-state index contributed by atoms with van der Waals surface area (Å²) in [6, 6.07) is 6.88. The maximum absolute atomic E-state index is 11.7. The quantitative estimate of drug-likeness (QED) is 0.645. The molecule has 1 rings (SSSR count). The highest BCUT2D eigenvalue weighted by Crippen LogP contribution is 2.17. The van der Waals surface area contributed by atoms with Gasteiger partial charge in [0.1, 0.15) is 12.4 Å².